The number of nitrogens with zero attached hydrogens (tertiary/aromatic N) is 1. The number of nitrogens with one attached hydrogen (secondary N) is 1. The van der Waals surface area contributed by atoms with Gasteiger partial charge in [0, 0.05) is 12.5 Å². The first-order valence-electron chi connectivity index (χ1n) is 9.25. The number of halogens is 1. The van der Waals surface area contributed by atoms with Crippen LogP contribution in [-0.4, -0.2) is 56.9 Å². The smallest absolute Gasteiger partial charge is 0.328 e. The third kappa shape index (κ3) is 4.56. The molecule has 1 N–H and O–H groups in total. The molecule has 9 heteroatoms. The number of anilines is 1. The molecule has 2 unspecified atom stereocenters. The number of para-hydroxylation sites is 1. The largest absolute Gasteiger partial charge is 0.497 e. The third-order valence-electron chi connectivity index (χ3n) is 4.78. The molecule has 1 saturated heterocycles. The van der Waals surface area contributed by atoms with E-state index < -0.39 is 30.0 Å². The summed E-state index contributed by atoms with van der Waals surface area (Å²) in [4.78, 5) is 26.5. The third-order valence-corrected chi connectivity index (χ3v) is 4.78. The maximum absolute atomic E-state index is 13.9. The number of methoxy groups -OCH3 is 3. The Labute approximate surface area is 173 Å². The van der Waals surface area contributed by atoms with Crippen LogP contribution in [0.2, 0.25) is 0 Å². The zero-order valence-electron chi connectivity index (χ0n) is 16.9. The Hall–Kier alpha value is -3.49. The molecule has 2 aromatic rings. The van der Waals surface area contributed by atoms with Crippen molar-refractivity contribution >= 4 is 17.7 Å². The number of rotatable bonds is 6. The Morgan fingerprint density at radius 1 is 1.07 bits per heavy atom. The highest BCUT2D eigenvalue weighted by atomic mass is 19.1. The molecular weight excluding hydrogens is 395 g/mol. The molecule has 0 aliphatic carbocycles. The summed E-state index contributed by atoms with van der Waals surface area (Å²) >= 11 is 0. The molecule has 1 aliphatic rings. The molecule has 2 aromatic carbocycles. The van der Waals surface area contributed by atoms with Gasteiger partial charge in [0.2, 0.25) is 0 Å². The van der Waals surface area contributed by atoms with Crippen molar-refractivity contribution in [1.82, 2.24) is 4.90 Å². The highest BCUT2D eigenvalue weighted by Crippen LogP contribution is 2.31. The van der Waals surface area contributed by atoms with Crippen LogP contribution in [-0.2, 0) is 9.53 Å². The van der Waals surface area contributed by atoms with E-state index in [1.165, 1.54) is 38.4 Å². The minimum atomic E-state index is -0.865. The highest BCUT2D eigenvalue weighted by Gasteiger charge is 2.42. The molecule has 8 nitrogen and oxygen atoms in total. The molecule has 2 amide bonds. The molecule has 0 spiro atoms. The lowest BCUT2D eigenvalue weighted by molar-refractivity contribution is -0.144. The van der Waals surface area contributed by atoms with E-state index >= 15 is 0 Å². The zero-order chi connectivity index (χ0) is 21.7. The molecular formula is C21H23FN2O6. The van der Waals surface area contributed by atoms with E-state index in [0.29, 0.717) is 17.2 Å². The lowest BCUT2D eigenvalue weighted by atomic mass is 10.2. The molecule has 0 aromatic heterocycles. The van der Waals surface area contributed by atoms with E-state index in [-0.39, 0.29) is 18.7 Å². The van der Waals surface area contributed by atoms with Crippen molar-refractivity contribution in [2.24, 2.45) is 0 Å². The molecule has 2 atom stereocenters. The highest BCUT2D eigenvalue weighted by molar-refractivity contribution is 5.94. The Morgan fingerprint density at radius 2 is 1.83 bits per heavy atom. The topological polar surface area (TPSA) is 86.3 Å². The molecule has 1 fully saturated rings. The number of ether oxygens (including phenoxy) is 4. The van der Waals surface area contributed by atoms with Crippen molar-refractivity contribution < 1.29 is 32.9 Å². The summed E-state index contributed by atoms with van der Waals surface area (Å²) in [6.07, 6.45) is -0.400. The number of carbonyl (C=O) groups is 2. The number of hydrogen-bond acceptors (Lipinski definition) is 6. The summed E-state index contributed by atoms with van der Waals surface area (Å²) in [5.74, 6) is -0.0675. The summed E-state index contributed by atoms with van der Waals surface area (Å²) in [5.41, 5.74) is 0.408. The van der Waals surface area contributed by atoms with Gasteiger partial charge in [0.05, 0.1) is 33.6 Å². The second kappa shape index (κ2) is 9.34. The maximum atomic E-state index is 13.9. The first-order chi connectivity index (χ1) is 14.5. The molecule has 3 rings (SSSR count). The minimum absolute atomic E-state index is 0.0604. The molecule has 0 bridgehead atoms. The second-order valence-corrected chi connectivity index (χ2v) is 6.59. The molecule has 0 saturated carbocycles. The van der Waals surface area contributed by atoms with E-state index in [9.17, 15) is 14.0 Å². The van der Waals surface area contributed by atoms with Gasteiger partial charge in [0.15, 0.2) is 11.6 Å². The van der Waals surface area contributed by atoms with Crippen LogP contribution in [0.3, 0.4) is 0 Å². The number of esters is 1. The Balaban J connectivity index is 1.77. The number of urea groups is 1. The van der Waals surface area contributed by atoms with Crippen LogP contribution in [0.25, 0.3) is 0 Å². The fraction of sp³-hybridized carbons (Fsp3) is 0.333. The zero-order valence-corrected chi connectivity index (χ0v) is 16.9. The number of amides is 2. The predicted molar refractivity (Wildman–Crippen MR) is 107 cm³/mol. The molecule has 30 heavy (non-hydrogen) atoms. The van der Waals surface area contributed by atoms with Gasteiger partial charge >= 0.3 is 12.0 Å². The number of hydrogen-bond donors (Lipinski definition) is 1. The summed E-state index contributed by atoms with van der Waals surface area (Å²) in [6.45, 7) is 0.0818. The number of likely N-dealkylation sites (tertiary alicyclic amines) is 1. The lowest BCUT2D eigenvalue weighted by Crippen LogP contribution is -2.43. The Kier molecular flexibility index (Phi) is 6.61. The Bertz CT molecular complexity index is 922. The minimum Gasteiger partial charge on any atom is -0.497 e. The van der Waals surface area contributed by atoms with Crippen LogP contribution < -0.4 is 19.5 Å². The fourth-order valence-electron chi connectivity index (χ4n) is 3.28. The first kappa shape index (κ1) is 21.2. The van der Waals surface area contributed by atoms with E-state index in [0.717, 1.165) is 0 Å². The summed E-state index contributed by atoms with van der Waals surface area (Å²) < 4.78 is 34.9. The van der Waals surface area contributed by atoms with E-state index in [1.54, 1.807) is 30.3 Å². The predicted octanol–water partition coefficient (Wildman–Crippen LogP) is 3.07. The Morgan fingerprint density at radius 3 is 2.50 bits per heavy atom. The van der Waals surface area contributed by atoms with E-state index in [4.69, 9.17) is 18.9 Å². The lowest BCUT2D eigenvalue weighted by Gasteiger charge is -2.23. The average Bonchev–Trinajstić information content (AvgIpc) is 3.19. The molecule has 160 valence electrons. The van der Waals surface area contributed by atoms with E-state index in [2.05, 4.69) is 5.32 Å². The van der Waals surface area contributed by atoms with E-state index in [1.807, 2.05) is 0 Å². The first-order valence-corrected chi connectivity index (χ1v) is 9.25. The van der Waals surface area contributed by atoms with Crippen LogP contribution in [0.1, 0.15) is 6.42 Å². The van der Waals surface area contributed by atoms with Crippen molar-refractivity contribution in [2.45, 2.75) is 18.6 Å². The van der Waals surface area contributed by atoms with Crippen molar-refractivity contribution in [3.05, 3.63) is 48.3 Å². The van der Waals surface area contributed by atoms with Gasteiger partial charge in [-0.25, -0.2) is 14.0 Å². The van der Waals surface area contributed by atoms with Crippen molar-refractivity contribution in [3.63, 3.8) is 0 Å². The van der Waals surface area contributed by atoms with Crippen molar-refractivity contribution in [1.29, 1.82) is 0 Å². The number of benzene rings is 2. The van der Waals surface area contributed by atoms with Gasteiger partial charge in [0.1, 0.15) is 23.6 Å². The SMILES string of the molecule is COC(=O)C1CC(Oc2ccccc2F)CN1C(=O)Nc1ccc(OC)cc1OC. The van der Waals surface area contributed by atoms with Gasteiger partial charge in [0.25, 0.3) is 0 Å². The number of carbonyl (C=O) groups excluding carboxylic acids is 2. The van der Waals surface area contributed by atoms with Crippen LogP contribution >= 0.6 is 0 Å². The fourth-order valence-corrected chi connectivity index (χ4v) is 3.28. The maximum Gasteiger partial charge on any atom is 0.328 e. The van der Waals surface area contributed by atoms with Gasteiger partial charge in [-0.15, -0.1) is 0 Å². The summed E-state index contributed by atoms with van der Waals surface area (Å²) in [5, 5.41) is 2.73. The van der Waals surface area contributed by atoms with Gasteiger partial charge in [-0.1, -0.05) is 12.1 Å². The van der Waals surface area contributed by atoms with Crippen molar-refractivity contribution in [3.8, 4) is 17.2 Å². The standard InChI is InChI=1S/C21H23FN2O6/c1-27-13-8-9-16(19(11-13)28-2)23-21(26)24-12-14(10-17(24)20(25)29-3)30-18-7-5-4-6-15(18)22/h4-9,11,14,17H,10,12H2,1-3H3,(H,23,26). The van der Waals surface area contributed by atoms with Gasteiger partial charge < -0.3 is 29.2 Å². The quantitative estimate of drug-likeness (QED) is 0.726. The van der Waals surface area contributed by atoms with Crippen LogP contribution in [0, 0.1) is 5.82 Å². The molecule has 1 heterocycles. The normalized spacial score (nSPS) is 17.9. The summed E-state index contributed by atoms with van der Waals surface area (Å²) in [7, 11) is 4.24. The van der Waals surface area contributed by atoms with Gasteiger partial charge in [-0.3, -0.25) is 0 Å². The monoisotopic (exact) mass is 418 g/mol. The van der Waals surface area contributed by atoms with Gasteiger partial charge in [-0.05, 0) is 24.3 Å². The average molecular weight is 418 g/mol. The van der Waals surface area contributed by atoms with Gasteiger partial charge in [-0.2, -0.15) is 0 Å². The molecule has 0 radical (unpaired) electrons. The van der Waals surface area contributed by atoms with Crippen LogP contribution in [0.5, 0.6) is 17.2 Å². The molecule has 1 aliphatic heterocycles. The second-order valence-electron chi connectivity index (χ2n) is 6.59. The van der Waals surface area contributed by atoms with Crippen LogP contribution in [0.15, 0.2) is 42.5 Å². The van der Waals surface area contributed by atoms with Crippen molar-refractivity contribution in [2.75, 3.05) is 33.2 Å². The van der Waals surface area contributed by atoms with Crippen LogP contribution in [0.4, 0.5) is 14.9 Å². The summed E-state index contributed by atoms with van der Waals surface area (Å²) in [6, 6.07) is 9.50.